The first-order chi connectivity index (χ1) is 12.9. The molecule has 1 amide bonds. The highest BCUT2D eigenvalue weighted by atomic mass is 16.5. The van der Waals surface area contributed by atoms with E-state index in [0.29, 0.717) is 25.2 Å². The number of aryl methyl sites for hydroxylation is 2. The molecule has 0 aliphatic carbocycles. The number of aromatic nitrogens is 4. The molecule has 3 aromatic rings. The minimum absolute atomic E-state index is 0.00925. The van der Waals surface area contributed by atoms with Crippen LogP contribution in [0, 0.1) is 13.8 Å². The summed E-state index contributed by atoms with van der Waals surface area (Å²) >= 11 is 0. The molecule has 0 fully saturated rings. The monoisotopic (exact) mass is 367 g/mol. The standard InChI is InChI=1S/C20H25N5O2/c1-13(2)27-17-7-5-16(6-8-17)11-21-19(26)10-9-18-14(3)24-20-22-12-23-25(20)15(18)4/h5-8,12-13H,9-11H2,1-4H3,(H,21,26). The number of nitrogens with zero attached hydrogens (tertiary/aromatic N) is 4. The van der Waals surface area contributed by atoms with Crippen molar-refractivity contribution in [3.63, 3.8) is 0 Å². The van der Waals surface area contributed by atoms with Gasteiger partial charge < -0.3 is 10.1 Å². The Morgan fingerprint density at radius 1 is 1.22 bits per heavy atom. The fourth-order valence-electron chi connectivity index (χ4n) is 3.00. The lowest BCUT2D eigenvalue weighted by atomic mass is 10.1. The smallest absolute Gasteiger partial charge is 0.252 e. The molecule has 0 spiro atoms. The lowest BCUT2D eigenvalue weighted by molar-refractivity contribution is -0.121. The Morgan fingerprint density at radius 3 is 2.67 bits per heavy atom. The van der Waals surface area contributed by atoms with Crippen molar-refractivity contribution in [2.24, 2.45) is 0 Å². The highest BCUT2D eigenvalue weighted by Gasteiger charge is 2.12. The molecule has 0 aliphatic heterocycles. The number of carbonyl (C=O) groups excluding carboxylic acids is 1. The molecule has 7 nitrogen and oxygen atoms in total. The Bertz CT molecular complexity index is 931. The highest BCUT2D eigenvalue weighted by Crippen LogP contribution is 2.16. The predicted octanol–water partition coefficient (Wildman–Crippen LogP) is 2.78. The quantitative estimate of drug-likeness (QED) is 0.694. The molecule has 3 rings (SSSR count). The van der Waals surface area contributed by atoms with Crippen LogP contribution >= 0.6 is 0 Å². The number of benzene rings is 1. The molecular weight excluding hydrogens is 342 g/mol. The zero-order chi connectivity index (χ0) is 19.4. The molecule has 0 aliphatic rings. The van der Waals surface area contributed by atoms with E-state index in [2.05, 4.69) is 20.4 Å². The summed E-state index contributed by atoms with van der Waals surface area (Å²) in [7, 11) is 0. The first-order valence-corrected chi connectivity index (χ1v) is 9.12. The molecule has 1 N–H and O–H groups in total. The van der Waals surface area contributed by atoms with Crippen LogP contribution in [0.15, 0.2) is 30.6 Å². The van der Waals surface area contributed by atoms with E-state index in [-0.39, 0.29) is 12.0 Å². The number of fused-ring (bicyclic) bond motifs is 1. The van der Waals surface area contributed by atoms with Crippen LogP contribution in [-0.4, -0.2) is 31.6 Å². The van der Waals surface area contributed by atoms with Crippen molar-refractivity contribution in [1.29, 1.82) is 0 Å². The topological polar surface area (TPSA) is 81.4 Å². The Balaban J connectivity index is 1.54. The van der Waals surface area contributed by atoms with Gasteiger partial charge in [0, 0.05) is 24.4 Å². The van der Waals surface area contributed by atoms with Crippen LogP contribution in [0.4, 0.5) is 0 Å². The van der Waals surface area contributed by atoms with E-state index in [4.69, 9.17) is 4.74 Å². The Labute approximate surface area is 158 Å². The summed E-state index contributed by atoms with van der Waals surface area (Å²) in [6.45, 7) is 8.40. The van der Waals surface area contributed by atoms with Crippen LogP contribution in [0.25, 0.3) is 5.78 Å². The number of hydrogen-bond donors (Lipinski definition) is 1. The number of rotatable bonds is 7. The molecule has 0 bridgehead atoms. The first-order valence-electron chi connectivity index (χ1n) is 9.12. The van der Waals surface area contributed by atoms with Gasteiger partial charge in [0.25, 0.3) is 5.78 Å². The maximum atomic E-state index is 12.2. The van der Waals surface area contributed by atoms with Crippen molar-refractivity contribution in [3.05, 3.63) is 53.1 Å². The molecule has 0 saturated heterocycles. The van der Waals surface area contributed by atoms with Crippen molar-refractivity contribution in [1.82, 2.24) is 24.9 Å². The summed E-state index contributed by atoms with van der Waals surface area (Å²) in [5.41, 5.74) is 3.95. The minimum Gasteiger partial charge on any atom is -0.491 e. The third kappa shape index (κ3) is 4.61. The fraction of sp³-hybridized carbons (Fsp3) is 0.400. The van der Waals surface area contributed by atoms with Crippen molar-refractivity contribution in [2.45, 2.75) is 53.2 Å². The molecule has 0 atom stereocenters. The lowest BCUT2D eigenvalue weighted by Gasteiger charge is -2.11. The second-order valence-corrected chi connectivity index (χ2v) is 6.82. The summed E-state index contributed by atoms with van der Waals surface area (Å²) in [5, 5.41) is 7.15. The van der Waals surface area contributed by atoms with Gasteiger partial charge in [0.2, 0.25) is 5.91 Å². The molecule has 0 saturated carbocycles. The summed E-state index contributed by atoms with van der Waals surface area (Å²) in [6.07, 6.45) is 2.66. The van der Waals surface area contributed by atoms with Gasteiger partial charge in [0.1, 0.15) is 12.1 Å². The number of carbonyl (C=O) groups is 1. The largest absolute Gasteiger partial charge is 0.491 e. The molecule has 142 valence electrons. The van der Waals surface area contributed by atoms with Crippen molar-refractivity contribution in [3.8, 4) is 5.75 Å². The molecular formula is C20H25N5O2. The van der Waals surface area contributed by atoms with Gasteiger partial charge >= 0.3 is 0 Å². The predicted molar refractivity (Wildman–Crippen MR) is 103 cm³/mol. The molecule has 1 aromatic carbocycles. The molecule has 2 aromatic heterocycles. The molecule has 0 unspecified atom stereocenters. The second kappa shape index (κ2) is 8.16. The van der Waals surface area contributed by atoms with Gasteiger partial charge in [0.15, 0.2) is 0 Å². The van der Waals surface area contributed by atoms with E-state index in [1.165, 1.54) is 6.33 Å². The Kier molecular flexibility index (Phi) is 5.69. The lowest BCUT2D eigenvalue weighted by Crippen LogP contribution is -2.23. The maximum absolute atomic E-state index is 12.2. The van der Waals surface area contributed by atoms with E-state index in [9.17, 15) is 4.79 Å². The second-order valence-electron chi connectivity index (χ2n) is 6.82. The molecule has 27 heavy (non-hydrogen) atoms. The van der Waals surface area contributed by atoms with Crippen LogP contribution in [0.3, 0.4) is 0 Å². The number of amides is 1. The summed E-state index contributed by atoms with van der Waals surface area (Å²) in [6, 6.07) is 7.78. The third-order valence-electron chi connectivity index (χ3n) is 4.38. The summed E-state index contributed by atoms with van der Waals surface area (Å²) in [4.78, 5) is 20.8. The highest BCUT2D eigenvalue weighted by molar-refractivity contribution is 5.76. The molecule has 7 heteroatoms. The van der Waals surface area contributed by atoms with E-state index >= 15 is 0 Å². The zero-order valence-corrected chi connectivity index (χ0v) is 16.2. The fourth-order valence-corrected chi connectivity index (χ4v) is 3.00. The Morgan fingerprint density at radius 2 is 1.96 bits per heavy atom. The van der Waals surface area contributed by atoms with Gasteiger partial charge in [-0.05, 0) is 57.4 Å². The van der Waals surface area contributed by atoms with Crippen LogP contribution in [0.2, 0.25) is 0 Å². The minimum atomic E-state index is 0.00925. The summed E-state index contributed by atoms with van der Waals surface area (Å²) in [5.74, 6) is 1.43. The first kappa shape index (κ1) is 18.8. The van der Waals surface area contributed by atoms with Gasteiger partial charge in [-0.2, -0.15) is 10.1 Å². The van der Waals surface area contributed by atoms with Crippen molar-refractivity contribution < 1.29 is 9.53 Å². The van der Waals surface area contributed by atoms with Gasteiger partial charge in [-0.3, -0.25) is 4.79 Å². The van der Waals surface area contributed by atoms with E-state index in [1.807, 2.05) is 52.0 Å². The van der Waals surface area contributed by atoms with Crippen LogP contribution in [0.1, 0.15) is 42.8 Å². The van der Waals surface area contributed by atoms with Crippen molar-refractivity contribution in [2.75, 3.05) is 0 Å². The van der Waals surface area contributed by atoms with Gasteiger partial charge in [-0.1, -0.05) is 12.1 Å². The van der Waals surface area contributed by atoms with Crippen LogP contribution in [-0.2, 0) is 17.8 Å². The van der Waals surface area contributed by atoms with Crippen LogP contribution < -0.4 is 10.1 Å². The molecule has 0 radical (unpaired) electrons. The number of ether oxygens (including phenoxy) is 1. The normalized spacial score (nSPS) is 11.1. The third-order valence-corrected chi connectivity index (χ3v) is 4.38. The number of nitrogens with one attached hydrogen (secondary N) is 1. The van der Waals surface area contributed by atoms with E-state index < -0.39 is 0 Å². The SMILES string of the molecule is Cc1nc2ncnn2c(C)c1CCC(=O)NCc1ccc(OC(C)C)cc1. The molecule has 2 heterocycles. The van der Waals surface area contributed by atoms with Gasteiger partial charge in [-0.15, -0.1) is 0 Å². The van der Waals surface area contributed by atoms with Crippen molar-refractivity contribution >= 4 is 11.7 Å². The average molecular weight is 367 g/mol. The summed E-state index contributed by atoms with van der Waals surface area (Å²) < 4.78 is 7.33. The zero-order valence-electron chi connectivity index (χ0n) is 16.2. The van der Waals surface area contributed by atoms with E-state index in [0.717, 1.165) is 28.3 Å². The van der Waals surface area contributed by atoms with E-state index in [1.54, 1.807) is 4.52 Å². The average Bonchev–Trinajstić information content (AvgIpc) is 3.09. The van der Waals surface area contributed by atoms with Gasteiger partial charge in [0.05, 0.1) is 6.10 Å². The van der Waals surface area contributed by atoms with Crippen LogP contribution in [0.5, 0.6) is 5.75 Å². The maximum Gasteiger partial charge on any atom is 0.252 e. The number of hydrogen-bond acceptors (Lipinski definition) is 5. The van der Waals surface area contributed by atoms with Gasteiger partial charge in [-0.25, -0.2) is 9.50 Å². The Hall–Kier alpha value is -2.96.